The van der Waals surface area contributed by atoms with E-state index in [0.717, 1.165) is 17.3 Å². The summed E-state index contributed by atoms with van der Waals surface area (Å²) < 4.78 is 10.9. The van der Waals surface area contributed by atoms with E-state index in [2.05, 4.69) is 63.4 Å². The lowest BCUT2D eigenvalue weighted by molar-refractivity contribution is 0.470. The zero-order valence-corrected chi connectivity index (χ0v) is 15.6. The van der Waals surface area contributed by atoms with Gasteiger partial charge in [-0.15, -0.1) is 0 Å². The van der Waals surface area contributed by atoms with Crippen molar-refractivity contribution in [1.29, 1.82) is 0 Å². The molecule has 0 saturated carbocycles. The standard InChI is InChI=1S/C17H23N4OPS/c1-13(12-23(2,20-7-8-20)21-9-10-21)14-3-4-15-16(11-14)22-17(24)19-6-5-18-15/h3-6,11,13,18H,2,7-10,12H2,1H3,(H,19,24). The van der Waals surface area contributed by atoms with Gasteiger partial charge in [-0.25, -0.2) is 4.98 Å². The van der Waals surface area contributed by atoms with Gasteiger partial charge >= 0.3 is 0 Å². The van der Waals surface area contributed by atoms with Crippen LogP contribution in [-0.4, -0.2) is 57.9 Å². The van der Waals surface area contributed by atoms with Crippen LogP contribution in [0.25, 0.3) is 11.1 Å². The highest BCUT2D eigenvalue weighted by atomic mass is 32.1. The number of aromatic amines is 1. The predicted molar refractivity (Wildman–Crippen MR) is 104 cm³/mol. The van der Waals surface area contributed by atoms with Crippen molar-refractivity contribution in [2.75, 3.05) is 32.3 Å². The van der Waals surface area contributed by atoms with Crippen molar-refractivity contribution in [3.8, 4) is 0 Å². The molecule has 24 heavy (non-hydrogen) atoms. The van der Waals surface area contributed by atoms with Gasteiger partial charge in [0.25, 0.3) is 5.22 Å². The molecule has 1 aromatic heterocycles. The van der Waals surface area contributed by atoms with Crippen molar-refractivity contribution < 1.29 is 4.42 Å². The third-order valence-corrected chi connectivity index (χ3v) is 8.99. The van der Waals surface area contributed by atoms with Crippen LogP contribution in [-0.2, 0) is 0 Å². The first kappa shape index (κ1) is 16.3. The Kier molecular flexibility index (Phi) is 4.25. The number of hydrogen-bond acceptors (Lipinski definition) is 5. The summed E-state index contributed by atoms with van der Waals surface area (Å²) in [5.74, 6) is 0.437. The van der Waals surface area contributed by atoms with Gasteiger partial charge in [0, 0.05) is 45.8 Å². The van der Waals surface area contributed by atoms with Gasteiger partial charge in [0.05, 0.1) is 5.52 Å². The molecule has 0 aliphatic carbocycles. The Hall–Kier alpha value is -1.20. The van der Waals surface area contributed by atoms with Gasteiger partial charge in [0.2, 0.25) is 0 Å². The average Bonchev–Trinajstić information content (AvgIpc) is 3.40. The van der Waals surface area contributed by atoms with Gasteiger partial charge in [0.1, 0.15) is 0 Å². The molecule has 7 heteroatoms. The molecule has 2 fully saturated rings. The van der Waals surface area contributed by atoms with Gasteiger partial charge in [0.15, 0.2) is 5.58 Å². The normalized spacial score (nSPS) is 19.2. The van der Waals surface area contributed by atoms with Crippen LogP contribution in [0.3, 0.4) is 0 Å². The highest BCUT2D eigenvalue weighted by Crippen LogP contribution is 2.61. The average molecular weight is 362 g/mol. The fourth-order valence-corrected chi connectivity index (χ4v) is 6.93. The second-order valence-corrected chi connectivity index (χ2v) is 10.2. The van der Waals surface area contributed by atoms with E-state index in [1.165, 1.54) is 31.7 Å². The highest BCUT2D eigenvalue weighted by molar-refractivity contribution is 7.80. The summed E-state index contributed by atoms with van der Waals surface area (Å²) in [5.41, 5.74) is 2.97. The molecule has 0 spiro atoms. The molecule has 0 amide bonds. The number of benzene rings is 1. The van der Waals surface area contributed by atoms with Crippen molar-refractivity contribution in [2.24, 2.45) is 0 Å². The number of thiol groups is 1. The first-order valence-electron chi connectivity index (χ1n) is 8.30. The third kappa shape index (κ3) is 3.29. The van der Waals surface area contributed by atoms with Gasteiger partial charge in [-0.3, -0.25) is 9.34 Å². The fraction of sp³-hybridized carbons (Fsp3) is 0.412. The third-order valence-electron chi connectivity index (χ3n) is 4.74. The number of aromatic nitrogens is 2. The van der Waals surface area contributed by atoms with Crippen LogP contribution in [0.5, 0.6) is 0 Å². The van der Waals surface area contributed by atoms with E-state index in [0.29, 0.717) is 11.1 Å². The predicted octanol–water partition coefficient (Wildman–Crippen LogP) is 3.58. The molecular weight excluding hydrogens is 339 g/mol. The molecule has 2 aliphatic rings. The summed E-state index contributed by atoms with van der Waals surface area (Å²) in [5, 5.41) is 0.353. The zero-order chi connectivity index (χ0) is 16.7. The molecule has 5 nitrogen and oxygen atoms in total. The van der Waals surface area contributed by atoms with Gasteiger partial charge in [-0.2, -0.15) is 0 Å². The molecule has 128 valence electrons. The quantitative estimate of drug-likeness (QED) is 0.485. The Bertz CT molecular complexity index is 835. The number of nitrogens with one attached hydrogen (secondary N) is 1. The molecule has 3 heterocycles. The SMILES string of the molecule is C=P(CC(C)c1ccc2[nH]ccnc(S)oc2c1)(N1CC1)N1CC1. The van der Waals surface area contributed by atoms with E-state index in [1.807, 2.05) is 0 Å². The molecule has 0 bridgehead atoms. The van der Waals surface area contributed by atoms with E-state index in [9.17, 15) is 0 Å². The molecular formula is C17H23N4OPS. The van der Waals surface area contributed by atoms with Crippen LogP contribution < -0.4 is 0 Å². The molecule has 2 saturated heterocycles. The van der Waals surface area contributed by atoms with Crippen LogP contribution >= 0.6 is 19.8 Å². The lowest BCUT2D eigenvalue weighted by Gasteiger charge is -2.30. The van der Waals surface area contributed by atoms with Gasteiger partial charge in [-0.05, 0) is 29.8 Å². The smallest absolute Gasteiger partial charge is 0.252 e. The summed E-state index contributed by atoms with van der Waals surface area (Å²) >= 11 is 4.26. The summed E-state index contributed by atoms with van der Waals surface area (Å²) in [4.78, 5) is 7.27. The van der Waals surface area contributed by atoms with Crippen LogP contribution in [0, 0.1) is 0 Å². The Morgan fingerprint density at radius 1 is 1.33 bits per heavy atom. The van der Waals surface area contributed by atoms with Crippen LogP contribution in [0.2, 0.25) is 0 Å². The van der Waals surface area contributed by atoms with E-state index in [4.69, 9.17) is 4.42 Å². The minimum absolute atomic E-state index is 0.353. The number of nitrogens with zero attached hydrogens (tertiary/aromatic N) is 3. The Labute approximate surface area is 147 Å². The Morgan fingerprint density at radius 3 is 2.71 bits per heavy atom. The lowest BCUT2D eigenvalue weighted by atomic mass is 10.0. The summed E-state index contributed by atoms with van der Waals surface area (Å²) in [6, 6.07) is 6.35. The molecule has 2 aromatic rings. The minimum Gasteiger partial charge on any atom is -0.432 e. The van der Waals surface area contributed by atoms with Gasteiger partial charge in [-0.1, -0.05) is 31.9 Å². The van der Waals surface area contributed by atoms with Crippen molar-refractivity contribution in [3.63, 3.8) is 0 Å². The van der Waals surface area contributed by atoms with E-state index >= 15 is 0 Å². The second kappa shape index (κ2) is 6.26. The summed E-state index contributed by atoms with van der Waals surface area (Å²) in [7, 11) is -1.36. The van der Waals surface area contributed by atoms with Crippen molar-refractivity contribution in [2.45, 2.75) is 18.1 Å². The molecule has 1 atom stereocenters. The zero-order valence-electron chi connectivity index (χ0n) is 13.9. The second-order valence-electron chi connectivity index (χ2n) is 6.60. The first-order valence-corrected chi connectivity index (χ1v) is 10.8. The number of hydrogen-bond donors (Lipinski definition) is 2. The van der Waals surface area contributed by atoms with E-state index in [-0.39, 0.29) is 0 Å². The Balaban J connectivity index is 1.66. The lowest BCUT2D eigenvalue weighted by Crippen LogP contribution is -2.13. The number of H-pyrrole nitrogens is 1. The largest absolute Gasteiger partial charge is 0.432 e. The van der Waals surface area contributed by atoms with Crippen molar-refractivity contribution in [1.82, 2.24) is 19.3 Å². The van der Waals surface area contributed by atoms with Crippen LogP contribution in [0.4, 0.5) is 0 Å². The molecule has 1 unspecified atom stereocenters. The maximum absolute atomic E-state index is 5.75. The number of rotatable bonds is 5. The molecule has 0 radical (unpaired) electrons. The van der Waals surface area contributed by atoms with E-state index in [1.54, 1.807) is 12.4 Å². The topological polar surface area (TPSA) is 47.8 Å². The maximum Gasteiger partial charge on any atom is 0.252 e. The Morgan fingerprint density at radius 2 is 2.04 bits per heavy atom. The van der Waals surface area contributed by atoms with Crippen molar-refractivity contribution in [3.05, 3.63) is 36.2 Å². The fourth-order valence-electron chi connectivity index (χ4n) is 3.19. The van der Waals surface area contributed by atoms with Crippen LogP contribution in [0.15, 0.2) is 40.2 Å². The molecule has 1 N–H and O–H groups in total. The van der Waals surface area contributed by atoms with E-state index < -0.39 is 7.19 Å². The van der Waals surface area contributed by atoms with Gasteiger partial charge < -0.3 is 9.40 Å². The maximum atomic E-state index is 5.75. The van der Waals surface area contributed by atoms with Crippen molar-refractivity contribution >= 4 is 37.2 Å². The first-order chi connectivity index (χ1) is 11.6. The summed E-state index contributed by atoms with van der Waals surface area (Å²) in [6.07, 6.45) is 9.21. The monoisotopic (exact) mass is 362 g/mol. The molecule has 2 aliphatic heterocycles. The minimum atomic E-state index is -1.36. The molecule has 1 aromatic carbocycles. The highest BCUT2D eigenvalue weighted by Gasteiger charge is 2.41. The molecule has 4 rings (SSSR count). The summed E-state index contributed by atoms with van der Waals surface area (Å²) in [6.45, 7) is 7.14. The van der Waals surface area contributed by atoms with Crippen LogP contribution in [0.1, 0.15) is 18.4 Å². The number of fused-ring (bicyclic) bond motifs is 1.